The molecule has 16 heavy (non-hydrogen) atoms. The van der Waals surface area contributed by atoms with Gasteiger partial charge in [-0.3, -0.25) is 10.2 Å². The van der Waals surface area contributed by atoms with Gasteiger partial charge in [0.25, 0.3) is 5.91 Å². The molecular formula is C12H18N2O2. The zero-order valence-corrected chi connectivity index (χ0v) is 10.1. The molecule has 0 fully saturated rings. The van der Waals surface area contributed by atoms with Gasteiger partial charge < -0.3 is 4.74 Å². The normalized spacial score (nSPS) is 11.0. The molecule has 0 aromatic heterocycles. The van der Waals surface area contributed by atoms with Crippen molar-refractivity contribution < 1.29 is 9.53 Å². The number of carbonyl (C=O) groups excluding carboxylic acids is 1. The summed E-state index contributed by atoms with van der Waals surface area (Å²) in [7, 11) is 1.57. The third-order valence-corrected chi connectivity index (χ3v) is 1.88. The smallest absolute Gasteiger partial charge is 0.265 e. The molecule has 0 aliphatic heterocycles. The van der Waals surface area contributed by atoms with Gasteiger partial charge in [0.2, 0.25) is 0 Å². The summed E-state index contributed by atoms with van der Waals surface area (Å²) in [6.07, 6.45) is 0. The zero-order valence-electron chi connectivity index (χ0n) is 10.1. The van der Waals surface area contributed by atoms with Gasteiger partial charge in [0.15, 0.2) is 0 Å². The first-order valence-electron chi connectivity index (χ1n) is 5.14. The molecule has 2 N–H and O–H groups in total. The molecule has 88 valence electrons. The summed E-state index contributed by atoms with van der Waals surface area (Å²) in [5.74, 6) is 0.497. The van der Waals surface area contributed by atoms with E-state index in [1.165, 1.54) is 0 Å². The van der Waals surface area contributed by atoms with Crippen molar-refractivity contribution in [2.45, 2.75) is 26.3 Å². The fourth-order valence-corrected chi connectivity index (χ4v) is 1.08. The number of benzene rings is 1. The van der Waals surface area contributed by atoms with Crippen LogP contribution in [0.5, 0.6) is 5.75 Å². The van der Waals surface area contributed by atoms with Gasteiger partial charge in [0.05, 0.1) is 7.11 Å². The second kappa shape index (κ2) is 4.99. The van der Waals surface area contributed by atoms with Crippen LogP contribution >= 0.6 is 0 Å². The Morgan fingerprint density at radius 3 is 2.56 bits per heavy atom. The zero-order chi connectivity index (χ0) is 12.2. The number of hydrogen-bond donors (Lipinski definition) is 2. The van der Waals surface area contributed by atoms with Crippen LogP contribution in [-0.2, 0) is 0 Å². The molecule has 0 spiro atoms. The highest BCUT2D eigenvalue weighted by Crippen LogP contribution is 2.12. The van der Waals surface area contributed by atoms with E-state index in [9.17, 15) is 4.79 Å². The van der Waals surface area contributed by atoms with Gasteiger partial charge in [0, 0.05) is 11.1 Å². The third-order valence-electron chi connectivity index (χ3n) is 1.88. The van der Waals surface area contributed by atoms with E-state index in [0.29, 0.717) is 11.3 Å². The Bertz CT molecular complexity index is 370. The van der Waals surface area contributed by atoms with E-state index in [4.69, 9.17) is 4.74 Å². The molecule has 0 atom stereocenters. The van der Waals surface area contributed by atoms with Crippen LogP contribution < -0.4 is 15.6 Å². The van der Waals surface area contributed by atoms with E-state index in [0.717, 1.165) is 0 Å². The lowest BCUT2D eigenvalue weighted by molar-refractivity contribution is 0.0914. The molecule has 1 rings (SSSR count). The molecule has 0 heterocycles. The van der Waals surface area contributed by atoms with Crippen molar-refractivity contribution >= 4 is 5.91 Å². The maximum atomic E-state index is 11.7. The predicted octanol–water partition coefficient (Wildman–Crippen LogP) is 1.73. The maximum Gasteiger partial charge on any atom is 0.265 e. The van der Waals surface area contributed by atoms with Crippen LogP contribution in [0.2, 0.25) is 0 Å². The van der Waals surface area contributed by atoms with Crippen LogP contribution in [0.4, 0.5) is 0 Å². The highest BCUT2D eigenvalue weighted by Gasteiger charge is 2.12. The summed E-state index contributed by atoms with van der Waals surface area (Å²) < 4.78 is 5.05. The Labute approximate surface area is 96.0 Å². The quantitative estimate of drug-likeness (QED) is 0.766. The lowest BCUT2D eigenvalue weighted by atomic mass is 10.1. The van der Waals surface area contributed by atoms with Gasteiger partial charge in [-0.15, -0.1) is 0 Å². The van der Waals surface area contributed by atoms with Crippen LogP contribution in [0.25, 0.3) is 0 Å². The second-order valence-electron chi connectivity index (χ2n) is 4.56. The van der Waals surface area contributed by atoms with E-state index >= 15 is 0 Å². The SMILES string of the molecule is COc1cccc(C(=O)NNC(C)(C)C)c1. The first-order chi connectivity index (χ1) is 7.42. The number of amides is 1. The van der Waals surface area contributed by atoms with E-state index < -0.39 is 0 Å². The summed E-state index contributed by atoms with van der Waals surface area (Å²) in [6.45, 7) is 5.91. The highest BCUT2D eigenvalue weighted by molar-refractivity contribution is 5.94. The lowest BCUT2D eigenvalue weighted by Gasteiger charge is -2.20. The summed E-state index contributed by atoms with van der Waals surface area (Å²) in [4.78, 5) is 11.7. The molecule has 1 amide bonds. The molecule has 1 aromatic carbocycles. The standard InChI is InChI=1S/C12H18N2O2/c1-12(2,3)14-13-11(15)9-6-5-7-10(8-9)16-4/h5-8,14H,1-4H3,(H,13,15). The largest absolute Gasteiger partial charge is 0.497 e. The van der Waals surface area contributed by atoms with Crippen molar-refractivity contribution in [3.63, 3.8) is 0 Å². The fraction of sp³-hybridized carbons (Fsp3) is 0.417. The molecule has 0 saturated carbocycles. The van der Waals surface area contributed by atoms with E-state index in [1.54, 1.807) is 31.4 Å². The molecule has 0 saturated heterocycles. The minimum Gasteiger partial charge on any atom is -0.497 e. The molecule has 4 nitrogen and oxygen atoms in total. The van der Waals surface area contributed by atoms with Gasteiger partial charge in [0.1, 0.15) is 5.75 Å². The number of carbonyl (C=O) groups is 1. The minimum absolute atomic E-state index is 0.158. The number of nitrogens with one attached hydrogen (secondary N) is 2. The van der Waals surface area contributed by atoms with Gasteiger partial charge in [-0.1, -0.05) is 6.07 Å². The van der Waals surface area contributed by atoms with Crippen molar-refractivity contribution in [1.82, 2.24) is 10.9 Å². The Balaban J connectivity index is 2.66. The number of methoxy groups -OCH3 is 1. The van der Waals surface area contributed by atoms with Gasteiger partial charge in [-0.05, 0) is 39.0 Å². The Kier molecular flexibility index (Phi) is 3.90. The highest BCUT2D eigenvalue weighted by atomic mass is 16.5. The van der Waals surface area contributed by atoms with Crippen LogP contribution in [0.3, 0.4) is 0 Å². The summed E-state index contributed by atoms with van der Waals surface area (Å²) in [5, 5.41) is 0. The van der Waals surface area contributed by atoms with Crippen molar-refractivity contribution in [1.29, 1.82) is 0 Å². The lowest BCUT2D eigenvalue weighted by Crippen LogP contribution is -2.48. The average Bonchev–Trinajstić information content (AvgIpc) is 2.25. The number of rotatable bonds is 3. The first-order valence-corrected chi connectivity index (χ1v) is 5.14. The molecule has 0 bridgehead atoms. The molecule has 4 heteroatoms. The average molecular weight is 222 g/mol. The van der Waals surface area contributed by atoms with Crippen LogP contribution in [0, 0.1) is 0 Å². The third kappa shape index (κ3) is 3.90. The van der Waals surface area contributed by atoms with Crippen LogP contribution in [0.1, 0.15) is 31.1 Å². The topological polar surface area (TPSA) is 50.4 Å². The van der Waals surface area contributed by atoms with Crippen LogP contribution in [0.15, 0.2) is 24.3 Å². The summed E-state index contributed by atoms with van der Waals surface area (Å²) >= 11 is 0. The van der Waals surface area contributed by atoms with Crippen molar-refractivity contribution in [2.75, 3.05) is 7.11 Å². The number of hydrazine groups is 1. The first kappa shape index (κ1) is 12.5. The number of ether oxygens (including phenoxy) is 1. The van der Waals surface area contributed by atoms with E-state index in [-0.39, 0.29) is 11.4 Å². The van der Waals surface area contributed by atoms with Crippen LogP contribution in [-0.4, -0.2) is 18.6 Å². The molecule has 0 aliphatic carbocycles. The van der Waals surface area contributed by atoms with Gasteiger partial charge in [-0.2, -0.15) is 0 Å². The molecule has 0 unspecified atom stereocenters. The molecule has 0 radical (unpaired) electrons. The maximum absolute atomic E-state index is 11.7. The van der Waals surface area contributed by atoms with Crippen molar-refractivity contribution in [2.24, 2.45) is 0 Å². The molecular weight excluding hydrogens is 204 g/mol. The monoisotopic (exact) mass is 222 g/mol. The van der Waals surface area contributed by atoms with Crippen molar-refractivity contribution in [3.8, 4) is 5.75 Å². The summed E-state index contributed by atoms with van der Waals surface area (Å²) in [6, 6.07) is 7.01. The predicted molar refractivity (Wildman–Crippen MR) is 63.3 cm³/mol. The van der Waals surface area contributed by atoms with Gasteiger partial charge >= 0.3 is 0 Å². The Morgan fingerprint density at radius 2 is 2.00 bits per heavy atom. The number of hydrogen-bond acceptors (Lipinski definition) is 3. The van der Waals surface area contributed by atoms with Crippen molar-refractivity contribution in [3.05, 3.63) is 29.8 Å². The molecule has 0 aliphatic rings. The Morgan fingerprint density at radius 1 is 1.31 bits per heavy atom. The van der Waals surface area contributed by atoms with Gasteiger partial charge in [-0.25, -0.2) is 5.43 Å². The minimum atomic E-state index is -0.172. The summed E-state index contributed by atoms with van der Waals surface area (Å²) in [5.41, 5.74) is 5.97. The molecule has 1 aromatic rings. The van der Waals surface area contributed by atoms with E-state index in [1.807, 2.05) is 20.8 Å². The van der Waals surface area contributed by atoms with E-state index in [2.05, 4.69) is 10.9 Å². The fourth-order valence-electron chi connectivity index (χ4n) is 1.08. The second-order valence-corrected chi connectivity index (χ2v) is 4.56. The Hall–Kier alpha value is -1.55.